The summed E-state index contributed by atoms with van der Waals surface area (Å²) in [6, 6.07) is 0. The molecule has 0 aliphatic carbocycles. The molecule has 1 saturated heterocycles. The van der Waals surface area contributed by atoms with Crippen LogP contribution in [0.15, 0.2) is 0 Å². The number of piperazine rings is 1. The molecule has 0 atom stereocenters. The molecule has 1 amide bonds. The van der Waals surface area contributed by atoms with Crippen LogP contribution in [0, 0.1) is 0 Å². The van der Waals surface area contributed by atoms with E-state index in [4.69, 9.17) is 0 Å². The summed E-state index contributed by atoms with van der Waals surface area (Å²) in [5, 5.41) is 5.60. The van der Waals surface area contributed by atoms with Crippen LogP contribution in [0.5, 0.6) is 0 Å². The maximum absolute atomic E-state index is 10.3. The molecule has 0 aromatic heterocycles. The number of carbonyl (C=O) groups excluding carboxylic acids is 1. The van der Waals surface area contributed by atoms with E-state index >= 15 is 0 Å². The Morgan fingerprint density at radius 2 is 1.89 bits per heavy atom. The largest absolute Gasteiger partial charge is 0.354 e. The molecule has 0 spiro atoms. The zero-order valence-electron chi connectivity index (χ0n) is 4.85. The van der Waals surface area contributed by atoms with Gasteiger partial charge in [-0.05, 0) is 0 Å². The summed E-state index contributed by atoms with van der Waals surface area (Å²) in [4.78, 5) is 10.3. The van der Waals surface area contributed by atoms with Crippen LogP contribution in [0.4, 0.5) is 0 Å². The lowest BCUT2D eigenvalue weighted by Crippen LogP contribution is -2.44. The second-order valence-corrected chi connectivity index (χ2v) is 1.53. The first-order valence-electron chi connectivity index (χ1n) is 2.37. The van der Waals surface area contributed by atoms with Gasteiger partial charge in [-0.15, -0.1) is 24.8 Å². The average Bonchev–Trinajstić information content (AvgIpc) is 1.69. The summed E-state index contributed by atoms with van der Waals surface area (Å²) in [5.74, 6) is 0.103. The molecular formula is C4H10Cl2N2O. The highest BCUT2D eigenvalue weighted by atomic mass is 35.5. The standard InChI is InChI=1S/C4H8N2O.2ClH/c7-4-3-5-1-2-6-4;;/h5H,1-3H2,(H,6,7);2*1H. The predicted octanol–water partition coefficient (Wildman–Crippen LogP) is -0.451. The van der Waals surface area contributed by atoms with Crippen molar-refractivity contribution in [1.82, 2.24) is 10.6 Å². The van der Waals surface area contributed by atoms with Crippen molar-refractivity contribution < 1.29 is 4.79 Å². The summed E-state index contributed by atoms with van der Waals surface area (Å²) in [5.41, 5.74) is 0. The van der Waals surface area contributed by atoms with Gasteiger partial charge in [0.2, 0.25) is 5.91 Å². The normalized spacial score (nSPS) is 16.7. The molecule has 1 aliphatic heterocycles. The highest BCUT2D eigenvalue weighted by molar-refractivity contribution is 5.85. The maximum Gasteiger partial charge on any atom is 0.234 e. The fourth-order valence-electron chi connectivity index (χ4n) is 0.555. The molecule has 1 fully saturated rings. The zero-order chi connectivity index (χ0) is 5.11. The number of amides is 1. The summed E-state index contributed by atoms with van der Waals surface area (Å²) < 4.78 is 0. The van der Waals surface area contributed by atoms with E-state index in [1.165, 1.54) is 0 Å². The Morgan fingerprint density at radius 3 is 2.11 bits per heavy atom. The average molecular weight is 173 g/mol. The number of hydrogen-bond donors (Lipinski definition) is 2. The molecule has 5 heteroatoms. The molecule has 9 heavy (non-hydrogen) atoms. The van der Waals surface area contributed by atoms with E-state index in [9.17, 15) is 4.79 Å². The van der Waals surface area contributed by atoms with Gasteiger partial charge in [0.05, 0.1) is 6.54 Å². The molecule has 0 radical (unpaired) electrons. The molecule has 56 valence electrons. The fourth-order valence-corrected chi connectivity index (χ4v) is 0.555. The highest BCUT2D eigenvalue weighted by Crippen LogP contribution is 1.69. The van der Waals surface area contributed by atoms with Crippen LogP contribution in [0.1, 0.15) is 0 Å². The SMILES string of the molecule is Cl.Cl.O=C1CNCCN1. The van der Waals surface area contributed by atoms with Gasteiger partial charge in [0.1, 0.15) is 0 Å². The van der Waals surface area contributed by atoms with Gasteiger partial charge in [0.15, 0.2) is 0 Å². The number of nitrogens with one attached hydrogen (secondary N) is 2. The van der Waals surface area contributed by atoms with Gasteiger partial charge < -0.3 is 10.6 Å². The molecule has 1 aliphatic rings. The molecule has 1 heterocycles. The van der Waals surface area contributed by atoms with Crippen LogP contribution in [-0.4, -0.2) is 25.5 Å². The van der Waals surface area contributed by atoms with Crippen molar-refractivity contribution in [3.63, 3.8) is 0 Å². The van der Waals surface area contributed by atoms with Gasteiger partial charge in [-0.3, -0.25) is 4.79 Å². The molecule has 1 rings (SSSR count). The second kappa shape index (κ2) is 6.13. The smallest absolute Gasteiger partial charge is 0.234 e. The Labute approximate surface area is 66.4 Å². The van der Waals surface area contributed by atoms with E-state index in [-0.39, 0.29) is 30.7 Å². The number of hydrogen-bond acceptors (Lipinski definition) is 2. The van der Waals surface area contributed by atoms with Crippen molar-refractivity contribution in [3.8, 4) is 0 Å². The highest BCUT2D eigenvalue weighted by Gasteiger charge is 2.02. The molecule has 3 nitrogen and oxygen atoms in total. The van der Waals surface area contributed by atoms with E-state index in [1.54, 1.807) is 0 Å². The van der Waals surface area contributed by atoms with Crippen molar-refractivity contribution in [2.24, 2.45) is 0 Å². The Bertz CT molecular complexity index is 80.6. The number of rotatable bonds is 0. The third-order valence-corrected chi connectivity index (χ3v) is 0.910. The maximum atomic E-state index is 10.3. The van der Waals surface area contributed by atoms with Gasteiger partial charge in [0, 0.05) is 13.1 Å². The lowest BCUT2D eigenvalue weighted by molar-refractivity contribution is -0.121. The predicted molar refractivity (Wildman–Crippen MR) is 40.4 cm³/mol. The minimum atomic E-state index is 0. The van der Waals surface area contributed by atoms with Crippen molar-refractivity contribution in [2.45, 2.75) is 0 Å². The zero-order valence-corrected chi connectivity index (χ0v) is 6.48. The Balaban J connectivity index is 0. The molecular weight excluding hydrogens is 163 g/mol. The fraction of sp³-hybridized carbons (Fsp3) is 0.750. The molecule has 0 bridgehead atoms. The summed E-state index contributed by atoms with van der Waals surface area (Å²) in [6.07, 6.45) is 0. The Hall–Kier alpha value is 0.01000. The van der Waals surface area contributed by atoms with E-state index < -0.39 is 0 Å². The summed E-state index contributed by atoms with van der Waals surface area (Å²) in [7, 11) is 0. The molecule has 0 aromatic rings. The van der Waals surface area contributed by atoms with E-state index in [1.807, 2.05) is 0 Å². The van der Waals surface area contributed by atoms with Crippen LogP contribution >= 0.6 is 24.8 Å². The van der Waals surface area contributed by atoms with E-state index in [0.29, 0.717) is 6.54 Å². The first-order valence-corrected chi connectivity index (χ1v) is 2.37. The molecule has 0 unspecified atom stereocenters. The van der Waals surface area contributed by atoms with Crippen LogP contribution in [-0.2, 0) is 4.79 Å². The molecule has 2 N–H and O–H groups in total. The molecule has 0 saturated carbocycles. The van der Waals surface area contributed by atoms with Crippen LogP contribution < -0.4 is 10.6 Å². The van der Waals surface area contributed by atoms with Crippen LogP contribution in [0.2, 0.25) is 0 Å². The van der Waals surface area contributed by atoms with Crippen LogP contribution in [0.25, 0.3) is 0 Å². The number of carbonyl (C=O) groups is 1. The quantitative estimate of drug-likeness (QED) is 0.520. The minimum absolute atomic E-state index is 0. The van der Waals surface area contributed by atoms with Crippen molar-refractivity contribution in [1.29, 1.82) is 0 Å². The molecule has 0 aromatic carbocycles. The lowest BCUT2D eigenvalue weighted by atomic mass is 10.4. The van der Waals surface area contributed by atoms with Gasteiger partial charge >= 0.3 is 0 Å². The first kappa shape index (κ1) is 11.8. The van der Waals surface area contributed by atoms with Gasteiger partial charge in [0.25, 0.3) is 0 Å². The number of halogens is 2. The summed E-state index contributed by atoms with van der Waals surface area (Å²) in [6.45, 7) is 2.17. The second-order valence-electron chi connectivity index (χ2n) is 1.53. The topological polar surface area (TPSA) is 41.1 Å². The van der Waals surface area contributed by atoms with Crippen molar-refractivity contribution in [3.05, 3.63) is 0 Å². The summed E-state index contributed by atoms with van der Waals surface area (Å²) >= 11 is 0. The Kier molecular flexibility index (Phi) is 8.02. The van der Waals surface area contributed by atoms with E-state index in [2.05, 4.69) is 10.6 Å². The van der Waals surface area contributed by atoms with Gasteiger partial charge in [-0.25, -0.2) is 0 Å². The van der Waals surface area contributed by atoms with Crippen LogP contribution in [0.3, 0.4) is 0 Å². The first-order chi connectivity index (χ1) is 3.39. The third-order valence-electron chi connectivity index (χ3n) is 0.910. The third kappa shape index (κ3) is 4.51. The van der Waals surface area contributed by atoms with Crippen molar-refractivity contribution >= 4 is 30.7 Å². The monoisotopic (exact) mass is 172 g/mol. The van der Waals surface area contributed by atoms with Gasteiger partial charge in [-0.1, -0.05) is 0 Å². The lowest BCUT2D eigenvalue weighted by Gasteiger charge is -2.11. The van der Waals surface area contributed by atoms with Gasteiger partial charge in [-0.2, -0.15) is 0 Å². The minimum Gasteiger partial charge on any atom is -0.354 e. The van der Waals surface area contributed by atoms with E-state index in [0.717, 1.165) is 13.1 Å². The Morgan fingerprint density at radius 1 is 1.22 bits per heavy atom. The van der Waals surface area contributed by atoms with Crippen molar-refractivity contribution in [2.75, 3.05) is 19.6 Å².